The third-order valence-corrected chi connectivity index (χ3v) is 8.02. The molecule has 0 saturated heterocycles. The van der Waals surface area contributed by atoms with Crippen LogP contribution in [0.25, 0.3) is 0 Å². The minimum Gasteiger partial charge on any atom is -0.496 e. The number of nitrogens with one attached hydrogen (secondary N) is 1. The Bertz CT molecular complexity index is 1600. The van der Waals surface area contributed by atoms with E-state index in [0.29, 0.717) is 45.4 Å². The Labute approximate surface area is 251 Å². The molecular weight excluding hydrogens is 584 g/mol. The highest BCUT2D eigenvalue weighted by atomic mass is 35.5. The van der Waals surface area contributed by atoms with Gasteiger partial charge in [-0.1, -0.05) is 35.5 Å². The Balaban J connectivity index is 1.14. The van der Waals surface area contributed by atoms with Crippen LogP contribution in [-0.4, -0.2) is 39.7 Å². The van der Waals surface area contributed by atoms with Gasteiger partial charge >= 0.3 is 0 Å². The number of benzene rings is 3. The number of carbonyl (C=O) groups excluding carboxylic acids is 1. The van der Waals surface area contributed by atoms with Crippen LogP contribution in [-0.2, 0) is 17.9 Å². The molecule has 3 aromatic carbocycles. The van der Waals surface area contributed by atoms with E-state index < -0.39 is 11.6 Å². The fourth-order valence-electron chi connectivity index (χ4n) is 4.62. The molecule has 4 aromatic rings. The van der Waals surface area contributed by atoms with Gasteiger partial charge in [0.25, 0.3) is 5.91 Å². The molecule has 1 aliphatic carbocycles. The Morgan fingerprint density at radius 3 is 2.64 bits per heavy atom. The molecule has 8 nitrogen and oxygen atoms in total. The van der Waals surface area contributed by atoms with Gasteiger partial charge in [-0.15, -0.1) is 10.2 Å². The van der Waals surface area contributed by atoms with Gasteiger partial charge in [0, 0.05) is 29.1 Å². The van der Waals surface area contributed by atoms with E-state index in [9.17, 15) is 13.6 Å². The first kappa shape index (κ1) is 29.5. The van der Waals surface area contributed by atoms with Gasteiger partial charge in [0.1, 0.15) is 24.0 Å². The number of nitrogens with zero attached hydrogens (tertiary/aromatic N) is 4. The number of carbonyl (C=O) groups is 1. The van der Waals surface area contributed by atoms with E-state index in [-0.39, 0.29) is 24.0 Å². The molecule has 2 atom stereocenters. The lowest BCUT2D eigenvalue weighted by Crippen LogP contribution is -2.20. The number of methoxy groups -OCH3 is 1. The van der Waals surface area contributed by atoms with Crippen molar-refractivity contribution in [3.05, 3.63) is 99.8 Å². The molecule has 1 amide bonds. The van der Waals surface area contributed by atoms with Crippen LogP contribution in [0.2, 0.25) is 5.02 Å². The lowest BCUT2D eigenvalue weighted by Gasteiger charge is -2.11. The minimum absolute atomic E-state index is 0.0161. The van der Waals surface area contributed by atoms with E-state index in [4.69, 9.17) is 21.1 Å². The summed E-state index contributed by atoms with van der Waals surface area (Å²) < 4.78 is 40.0. The number of halogens is 3. The van der Waals surface area contributed by atoms with Crippen molar-refractivity contribution in [3.63, 3.8) is 0 Å². The quantitative estimate of drug-likeness (QED) is 0.114. The topological polar surface area (TPSA) is 90.6 Å². The zero-order chi connectivity index (χ0) is 29.6. The molecule has 12 heteroatoms. The third kappa shape index (κ3) is 7.08. The monoisotopic (exact) mass is 611 g/mol. The molecule has 0 aliphatic heterocycles. The summed E-state index contributed by atoms with van der Waals surface area (Å²) in [5.74, 6) is 0.406. The molecule has 1 N–H and O–H groups in total. The molecule has 0 radical (unpaired) electrons. The Hall–Kier alpha value is -3.96. The van der Waals surface area contributed by atoms with Crippen molar-refractivity contribution in [2.45, 2.75) is 43.5 Å². The van der Waals surface area contributed by atoms with E-state index in [0.717, 1.165) is 24.4 Å². The van der Waals surface area contributed by atoms with E-state index in [1.807, 2.05) is 19.1 Å². The normalized spacial score (nSPS) is 16.0. The highest BCUT2D eigenvalue weighted by molar-refractivity contribution is 7.99. The molecule has 0 bridgehead atoms. The summed E-state index contributed by atoms with van der Waals surface area (Å²) in [7, 11) is 1.51. The Kier molecular flexibility index (Phi) is 9.38. The van der Waals surface area contributed by atoms with Crippen LogP contribution in [0, 0.1) is 11.6 Å². The maximum absolute atomic E-state index is 13.9. The van der Waals surface area contributed by atoms with Crippen LogP contribution in [0.5, 0.6) is 11.5 Å². The molecule has 0 spiro atoms. The average molecular weight is 612 g/mol. The third-order valence-electron chi connectivity index (χ3n) is 6.80. The van der Waals surface area contributed by atoms with Gasteiger partial charge in [0.05, 0.1) is 19.1 Å². The van der Waals surface area contributed by atoms with Gasteiger partial charge < -0.3 is 14.0 Å². The highest BCUT2D eigenvalue weighted by Gasteiger charge is 2.43. The predicted octanol–water partition coefficient (Wildman–Crippen LogP) is 6.33. The van der Waals surface area contributed by atoms with Crippen molar-refractivity contribution in [2.24, 2.45) is 5.10 Å². The molecule has 42 heavy (non-hydrogen) atoms. The maximum Gasteiger partial charge on any atom is 0.250 e. The van der Waals surface area contributed by atoms with Crippen LogP contribution >= 0.6 is 23.4 Å². The molecule has 1 saturated carbocycles. The van der Waals surface area contributed by atoms with Crippen LogP contribution in [0.15, 0.2) is 70.9 Å². The van der Waals surface area contributed by atoms with Crippen LogP contribution in [0.1, 0.15) is 47.7 Å². The van der Waals surface area contributed by atoms with Crippen LogP contribution in [0.3, 0.4) is 0 Å². The maximum atomic E-state index is 13.9. The van der Waals surface area contributed by atoms with Crippen molar-refractivity contribution in [2.75, 3.05) is 12.9 Å². The van der Waals surface area contributed by atoms with E-state index in [2.05, 4.69) is 37.4 Å². The SMILES string of the molecule is CCn1c(SCC(=O)N/N=C/c2ccc(OC)c(COc3ccc(F)cc3F)c2)nnc1C1CC1c1ccc(Cl)cc1. The largest absolute Gasteiger partial charge is 0.496 e. The van der Waals surface area contributed by atoms with Crippen molar-refractivity contribution >= 4 is 35.5 Å². The van der Waals surface area contributed by atoms with Crippen molar-refractivity contribution < 1.29 is 23.0 Å². The van der Waals surface area contributed by atoms with Crippen LogP contribution in [0.4, 0.5) is 8.78 Å². The molecule has 2 unspecified atom stereocenters. The van der Waals surface area contributed by atoms with Gasteiger partial charge in [0.15, 0.2) is 16.7 Å². The number of hydrogen-bond donors (Lipinski definition) is 1. The lowest BCUT2D eigenvalue weighted by atomic mass is 10.1. The zero-order valence-electron chi connectivity index (χ0n) is 22.9. The number of amides is 1. The van der Waals surface area contributed by atoms with Gasteiger partial charge in [-0.05, 0) is 72.9 Å². The Morgan fingerprint density at radius 1 is 1.12 bits per heavy atom. The smallest absolute Gasteiger partial charge is 0.250 e. The Morgan fingerprint density at radius 2 is 1.90 bits per heavy atom. The number of thioether (sulfide) groups is 1. The summed E-state index contributed by atoms with van der Waals surface area (Å²) in [6.45, 7) is 2.72. The minimum atomic E-state index is -0.796. The fourth-order valence-corrected chi connectivity index (χ4v) is 5.55. The zero-order valence-corrected chi connectivity index (χ0v) is 24.5. The first-order valence-corrected chi connectivity index (χ1v) is 14.6. The van der Waals surface area contributed by atoms with Gasteiger partial charge in [-0.25, -0.2) is 14.2 Å². The van der Waals surface area contributed by atoms with Gasteiger partial charge in [-0.3, -0.25) is 4.79 Å². The molecule has 1 fully saturated rings. The van der Waals surface area contributed by atoms with Crippen molar-refractivity contribution in [1.29, 1.82) is 0 Å². The number of hydrazone groups is 1. The second kappa shape index (κ2) is 13.3. The molecule has 1 heterocycles. The van der Waals surface area contributed by atoms with Gasteiger partial charge in [0.2, 0.25) is 0 Å². The van der Waals surface area contributed by atoms with Gasteiger partial charge in [-0.2, -0.15) is 5.10 Å². The van der Waals surface area contributed by atoms with Crippen molar-refractivity contribution in [3.8, 4) is 11.5 Å². The molecule has 1 aliphatic rings. The predicted molar refractivity (Wildman–Crippen MR) is 157 cm³/mol. The summed E-state index contributed by atoms with van der Waals surface area (Å²) in [6, 6.07) is 16.2. The second-order valence-electron chi connectivity index (χ2n) is 9.60. The summed E-state index contributed by atoms with van der Waals surface area (Å²) in [6.07, 6.45) is 2.49. The first-order chi connectivity index (χ1) is 20.4. The summed E-state index contributed by atoms with van der Waals surface area (Å²) in [5.41, 5.74) is 5.05. The number of rotatable bonds is 12. The standard InChI is InChI=1S/C30H28ClF2N5O3S/c1-3-38-29(24-14-23(24)19-5-7-21(31)8-6-19)36-37-30(38)42-17-28(39)35-34-15-18-4-10-26(40-2)20(12-18)16-41-27-11-9-22(32)13-25(27)33/h4-13,15,23-24H,3,14,16-17H2,1-2H3,(H,35,39)/b34-15+. The second-order valence-corrected chi connectivity index (χ2v) is 11.0. The van der Waals surface area contributed by atoms with E-state index in [1.54, 1.807) is 18.2 Å². The number of hydrogen-bond acceptors (Lipinski definition) is 7. The molecule has 218 valence electrons. The summed E-state index contributed by atoms with van der Waals surface area (Å²) >= 11 is 7.33. The molecular formula is C30H28ClF2N5O3S. The van der Waals surface area contributed by atoms with Crippen LogP contribution < -0.4 is 14.9 Å². The average Bonchev–Trinajstić information content (AvgIpc) is 3.67. The van der Waals surface area contributed by atoms with E-state index in [1.165, 1.54) is 36.7 Å². The van der Waals surface area contributed by atoms with Crippen molar-refractivity contribution in [1.82, 2.24) is 20.2 Å². The highest BCUT2D eigenvalue weighted by Crippen LogP contribution is 2.54. The first-order valence-electron chi connectivity index (χ1n) is 13.2. The summed E-state index contributed by atoms with van der Waals surface area (Å²) in [5, 5.41) is 14.2. The molecule has 5 rings (SSSR count). The molecule has 1 aromatic heterocycles. The fraction of sp³-hybridized carbons (Fsp3) is 0.267. The number of ether oxygens (including phenoxy) is 2. The van der Waals surface area contributed by atoms with E-state index >= 15 is 0 Å². The number of aromatic nitrogens is 3. The lowest BCUT2D eigenvalue weighted by molar-refractivity contribution is -0.118. The summed E-state index contributed by atoms with van der Waals surface area (Å²) in [4.78, 5) is 12.5.